The van der Waals surface area contributed by atoms with Crippen LogP contribution in [0.5, 0.6) is 5.75 Å². The second-order valence-electron chi connectivity index (χ2n) is 7.86. The van der Waals surface area contributed by atoms with E-state index in [2.05, 4.69) is 10.8 Å². The predicted octanol–water partition coefficient (Wildman–Crippen LogP) is 4.29. The van der Waals surface area contributed by atoms with Crippen LogP contribution in [0.4, 0.5) is 13.6 Å². The summed E-state index contributed by atoms with van der Waals surface area (Å²) < 4.78 is 34.9. The lowest BCUT2D eigenvalue weighted by molar-refractivity contribution is -0.0499. The van der Waals surface area contributed by atoms with Crippen molar-refractivity contribution < 1.29 is 23.0 Å². The molecule has 26 heavy (non-hydrogen) atoms. The monoisotopic (exact) mass is 364 g/mol. The van der Waals surface area contributed by atoms with Crippen molar-refractivity contribution in [3.8, 4) is 11.8 Å². The molecule has 140 valence electrons. The highest BCUT2D eigenvalue weighted by Crippen LogP contribution is 2.58. The lowest BCUT2D eigenvalue weighted by atomic mass is 9.85. The summed E-state index contributed by atoms with van der Waals surface area (Å²) in [6.45, 7) is 2.81. The van der Waals surface area contributed by atoms with Crippen molar-refractivity contribution in [2.75, 3.05) is 6.54 Å². The molecule has 2 fully saturated rings. The summed E-state index contributed by atoms with van der Waals surface area (Å²) in [5.41, 5.74) is -0.424. The number of carbonyl (C=O) groups is 1. The molecule has 1 saturated carbocycles. The van der Waals surface area contributed by atoms with E-state index in [9.17, 15) is 18.8 Å². The van der Waals surface area contributed by atoms with E-state index in [1.54, 1.807) is 37.8 Å². The number of carbonyl (C=O) groups excluding carboxylic acids is 1. The quantitative estimate of drug-likeness (QED) is 0.802. The van der Waals surface area contributed by atoms with E-state index in [1.807, 2.05) is 0 Å². The molecule has 0 N–H and O–H groups in total. The SMILES string of the molecule is CC(C)(C)OC(=O)N1C[C@@H](c2cccc(OC(F)F)c2)[C@H](C#N)C12CC2. The van der Waals surface area contributed by atoms with E-state index in [4.69, 9.17) is 4.74 Å². The van der Waals surface area contributed by atoms with Gasteiger partial charge in [-0.15, -0.1) is 0 Å². The number of nitrogens with zero attached hydrogens (tertiary/aromatic N) is 2. The van der Waals surface area contributed by atoms with Crippen LogP contribution in [0.15, 0.2) is 24.3 Å². The number of nitriles is 1. The third-order valence-corrected chi connectivity index (χ3v) is 4.92. The number of rotatable bonds is 3. The Hall–Kier alpha value is -2.36. The molecule has 0 radical (unpaired) electrons. The van der Waals surface area contributed by atoms with Crippen LogP contribution >= 0.6 is 0 Å². The molecule has 3 rings (SSSR count). The Bertz CT molecular complexity index is 735. The van der Waals surface area contributed by atoms with Crippen LogP contribution in [-0.4, -0.2) is 35.3 Å². The zero-order valence-electron chi connectivity index (χ0n) is 15.0. The molecule has 1 amide bonds. The second-order valence-corrected chi connectivity index (χ2v) is 7.86. The first-order valence-corrected chi connectivity index (χ1v) is 8.61. The van der Waals surface area contributed by atoms with E-state index in [0.29, 0.717) is 12.1 Å². The third kappa shape index (κ3) is 3.46. The van der Waals surface area contributed by atoms with E-state index >= 15 is 0 Å². The van der Waals surface area contributed by atoms with E-state index < -0.39 is 29.8 Å². The molecule has 1 aliphatic heterocycles. The topological polar surface area (TPSA) is 62.6 Å². The number of likely N-dealkylation sites (tertiary alicyclic amines) is 1. The van der Waals surface area contributed by atoms with Crippen LogP contribution in [0.3, 0.4) is 0 Å². The smallest absolute Gasteiger partial charge is 0.410 e. The van der Waals surface area contributed by atoms with Crippen molar-refractivity contribution in [3.63, 3.8) is 0 Å². The van der Waals surface area contributed by atoms with Crippen LogP contribution in [0.25, 0.3) is 0 Å². The first kappa shape index (κ1) is 18.4. The molecule has 0 aromatic heterocycles. The zero-order valence-corrected chi connectivity index (χ0v) is 15.0. The van der Waals surface area contributed by atoms with E-state index in [0.717, 1.165) is 12.8 Å². The Balaban J connectivity index is 1.87. The summed E-state index contributed by atoms with van der Waals surface area (Å²) in [5.74, 6) is -0.622. The van der Waals surface area contributed by atoms with Crippen LogP contribution in [0, 0.1) is 17.2 Å². The minimum Gasteiger partial charge on any atom is -0.444 e. The minimum absolute atomic E-state index is 0.0507. The molecule has 5 nitrogen and oxygen atoms in total. The Morgan fingerprint density at radius 3 is 2.62 bits per heavy atom. The zero-order chi connectivity index (χ0) is 19.1. The van der Waals surface area contributed by atoms with Crippen molar-refractivity contribution in [1.82, 2.24) is 4.90 Å². The van der Waals surface area contributed by atoms with Gasteiger partial charge in [0.05, 0.1) is 17.5 Å². The molecule has 1 aliphatic carbocycles. The molecule has 2 aliphatic rings. The Labute approximate surface area is 151 Å². The van der Waals surface area contributed by atoms with Gasteiger partial charge in [0.2, 0.25) is 0 Å². The maximum atomic E-state index is 12.6. The molecule has 7 heteroatoms. The molecule has 1 spiro atoms. The van der Waals surface area contributed by atoms with Crippen molar-refractivity contribution in [2.45, 2.75) is 57.3 Å². The Morgan fingerprint density at radius 1 is 1.38 bits per heavy atom. The predicted molar refractivity (Wildman–Crippen MR) is 89.8 cm³/mol. The molecule has 1 aromatic carbocycles. The van der Waals surface area contributed by atoms with Crippen LogP contribution < -0.4 is 4.74 Å². The fourth-order valence-corrected chi connectivity index (χ4v) is 3.74. The van der Waals surface area contributed by atoms with Gasteiger partial charge in [0.15, 0.2) is 0 Å². The van der Waals surface area contributed by atoms with Gasteiger partial charge in [0.25, 0.3) is 0 Å². The average molecular weight is 364 g/mol. The molecule has 1 heterocycles. The van der Waals surface area contributed by atoms with Gasteiger partial charge in [-0.1, -0.05) is 12.1 Å². The van der Waals surface area contributed by atoms with Crippen molar-refractivity contribution in [3.05, 3.63) is 29.8 Å². The maximum absolute atomic E-state index is 12.6. The first-order valence-electron chi connectivity index (χ1n) is 8.61. The van der Waals surface area contributed by atoms with Gasteiger partial charge in [-0.3, -0.25) is 0 Å². The van der Waals surface area contributed by atoms with Gasteiger partial charge in [-0.2, -0.15) is 14.0 Å². The summed E-state index contributed by atoms with van der Waals surface area (Å²) in [6.07, 6.45) is 1.06. The molecule has 0 bridgehead atoms. The van der Waals surface area contributed by atoms with Crippen LogP contribution in [0.1, 0.15) is 45.1 Å². The lowest BCUT2D eigenvalue weighted by Gasteiger charge is -2.29. The Kier molecular flexibility index (Phi) is 4.55. The third-order valence-electron chi connectivity index (χ3n) is 4.92. The summed E-state index contributed by atoms with van der Waals surface area (Å²) in [7, 11) is 0. The van der Waals surface area contributed by atoms with Crippen LogP contribution in [-0.2, 0) is 4.74 Å². The number of benzene rings is 1. The maximum Gasteiger partial charge on any atom is 0.410 e. The van der Waals surface area contributed by atoms with Gasteiger partial charge in [-0.05, 0) is 51.3 Å². The van der Waals surface area contributed by atoms with Gasteiger partial charge in [0.1, 0.15) is 11.4 Å². The fourth-order valence-electron chi connectivity index (χ4n) is 3.74. The highest BCUT2D eigenvalue weighted by Gasteiger charge is 2.64. The number of hydrogen-bond donors (Lipinski definition) is 0. The number of alkyl halides is 2. The number of amides is 1. The van der Waals surface area contributed by atoms with Crippen molar-refractivity contribution >= 4 is 6.09 Å². The van der Waals surface area contributed by atoms with Crippen LogP contribution in [0.2, 0.25) is 0 Å². The molecule has 1 saturated heterocycles. The van der Waals surface area contributed by atoms with Crippen molar-refractivity contribution in [2.24, 2.45) is 5.92 Å². The van der Waals surface area contributed by atoms with E-state index in [1.165, 1.54) is 12.1 Å². The Morgan fingerprint density at radius 2 is 2.08 bits per heavy atom. The summed E-state index contributed by atoms with van der Waals surface area (Å²) >= 11 is 0. The molecule has 1 aromatic rings. The largest absolute Gasteiger partial charge is 0.444 e. The fraction of sp³-hybridized carbons (Fsp3) is 0.579. The van der Waals surface area contributed by atoms with Gasteiger partial charge in [0, 0.05) is 12.5 Å². The number of ether oxygens (including phenoxy) is 2. The van der Waals surface area contributed by atoms with Gasteiger partial charge >= 0.3 is 12.7 Å². The average Bonchev–Trinajstić information content (AvgIpc) is 3.21. The molecule has 0 unspecified atom stereocenters. The molecule has 2 atom stereocenters. The summed E-state index contributed by atoms with van der Waals surface area (Å²) in [5, 5.41) is 9.74. The summed E-state index contributed by atoms with van der Waals surface area (Å²) in [6, 6.07) is 8.71. The standard InChI is InChI=1S/C19H22F2N2O3/c1-18(2,3)26-17(24)23-11-14(15(10-22)19(23)7-8-19)12-5-4-6-13(9-12)25-16(20)21/h4-6,9,14-16H,7-8,11H2,1-3H3/t14-,15-/m0/s1. The highest BCUT2D eigenvalue weighted by molar-refractivity contribution is 5.71. The minimum atomic E-state index is -2.91. The van der Waals surface area contributed by atoms with E-state index in [-0.39, 0.29) is 11.7 Å². The lowest BCUT2D eigenvalue weighted by Crippen LogP contribution is -2.42. The van der Waals surface area contributed by atoms with Crippen molar-refractivity contribution in [1.29, 1.82) is 5.26 Å². The normalized spacial score (nSPS) is 23.8. The molecular formula is C19H22F2N2O3. The van der Waals surface area contributed by atoms with Gasteiger partial charge in [-0.25, -0.2) is 4.79 Å². The summed E-state index contributed by atoms with van der Waals surface area (Å²) in [4.78, 5) is 14.3. The number of hydrogen-bond acceptors (Lipinski definition) is 4. The van der Waals surface area contributed by atoms with Gasteiger partial charge < -0.3 is 14.4 Å². The second kappa shape index (κ2) is 6.42. The highest BCUT2D eigenvalue weighted by atomic mass is 19.3. The molecular weight excluding hydrogens is 342 g/mol. The number of halogens is 2. The first-order chi connectivity index (χ1) is 12.2.